The quantitative estimate of drug-likeness (QED) is 0.338. The lowest BCUT2D eigenvalue weighted by Gasteiger charge is -2.54. The van der Waals surface area contributed by atoms with Crippen molar-refractivity contribution < 1.29 is 9.59 Å². The van der Waals surface area contributed by atoms with E-state index in [1.807, 2.05) is 0 Å². The van der Waals surface area contributed by atoms with E-state index in [1.54, 1.807) is 0 Å². The molecule has 3 nitrogen and oxygen atoms in total. The van der Waals surface area contributed by atoms with Crippen LogP contribution in [0.5, 0.6) is 0 Å². The number of rotatable bonds is 6. The van der Waals surface area contributed by atoms with Crippen molar-refractivity contribution in [2.45, 2.75) is 149 Å². The van der Waals surface area contributed by atoms with Crippen LogP contribution in [-0.2, 0) is 39.7 Å². The van der Waals surface area contributed by atoms with Gasteiger partial charge in [-0.2, -0.15) is 0 Å². The van der Waals surface area contributed by atoms with Crippen molar-refractivity contribution in [3.05, 3.63) is 68.8 Å². The number of benzene rings is 2. The second-order valence-corrected chi connectivity index (χ2v) is 17.0. The maximum absolute atomic E-state index is 12.8. The fraction of sp³-hybridized carbons (Fsp3) is 0.659. The van der Waals surface area contributed by atoms with Gasteiger partial charge in [0.1, 0.15) is 6.29 Å². The Bertz CT molecular complexity index is 1490. The molecule has 1 amide bonds. The number of primary amides is 1. The van der Waals surface area contributed by atoms with Gasteiger partial charge in [0.25, 0.3) is 0 Å². The molecule has 2 N–H and O–H groups in total. The lowest BCUT2D eigenvalue weighted by atomic mass is 9.49. The second-order valence-electron chi connectivity index (χ2n) is 17.0. The van der Waals surface area contributed by atoms with Crippen molar-refractivity contribution in [2.75, 3.05) is 0 Å². The molecular weight excluding hydrogens is 538 g/mol. The number of hydrogen-bond acceptors (Lipinski definition) is 2. The Morgan fingerprint density at radius 1 is 0.773 bits per heavy atom. The Labute approximate surface area is 267 Å². The molecule has 4 aliphatic carbocycles. The number of nitrogens with two attached hydrogens (primary N) is 1. The van der Waals surface area contributed by atoms with Gasteiger partial charge < -0.3 is 10.5 Å². The average molecular weight is 596 g/mol. The SMILES string of the molecule is CC(C)c1cc2c(cc1Cc1cc3c(cc1C(C)C)CCC1C(C)(C(N)=O)CCCC31C)C1(C)CCCC(C)(C=O)C1CC2. The van der Waals surface area contributed by atoms with Gasteiger partial charge in [0.2, 0.25) is 5.91 Å². The molecule has 2 fully saturated rings. The van der Waals surface area contributed by atoms with Crippen LogP contribution in [0.4, 0.5) is 0 Å². The summed E-state index contributed by atoms with van der Waals surface area (Å²) in [5, 5.41) is 0. The average Bonchev–Trinajstić information content (AvgIpc) is 2.96. The third kappa shape index (κ3) is 4.65. The Morgan fingerprint density at radius 2 is 1.25 bits per heavy atom. The fourth-order valence-electron chi connectivity index (χ4n) is 11.2. The minimum Gasteiger partial charge on any atom is -0.369 e. The van der Waals surface area contributed by atoms with Crippen molar-refractivity contribution in [3.8, 4) is 0 Å². The molecule has 3 heteroatoms. The molecule has 0 saturated heterocycles. The molecule has 0 bridgehead atoms. The normalized spacial score (nSPS) is 34.6. The van der Waals surface area contributed by atoms with Gasteiger partial charge >= 0.3 is 0 Å². The Kier molecular flexibility index (Phi) is 7.77. The molecule has 2 aromatic carbocycles. The lowest BCUT2D eigenvalue weighted by Crippen LogP contribution is -2.54. The summed E-state index contributed by atoms with van der Waals surface area (Å²) < 4.78 is 0. The molecule has 44 heavy (non-hydrogen) atoms. The number of hydrogen-bond donors (Lipinski definition) is 1. The molecule has 238 valence electrons. The standard InChI is InChI=1S/C41H57NO2/c1-25(2)31-20-27-11-13-35-38(5,24-43)15-9-16-39(35,6)33(27)22-29(31)19-30-23-34-28(21-32(30)26(3)4)12-14-36-40(34,7)17-10-18-41(36,8)37(42)44/h20-26,35-36H,9-19H2,1-8H3,(H2,42,44). The molecule has 0 heterocycles. The van der Waals surface area contributed by atoms with Crippen molar-refractivity contribution in [1.82, 2.24) is 0 Å². The summed E-state index contributed by atoms with van der Waals surface area (Å²) in [5.74, 6) is 1.47. The highest BCUT2D eigenvalue weighted by atomic mass is 16.1. The zero-order valence-corrected chi connectivity index (χ0v) is 28.9. The molecule has 6 atom stereocenters. The zero-order chi connectivity index (χ0) is 31.8. The van der Waals surface area contributed by atoms with Gasteiger partial charge in [-0.25, -0.2) is 0 Å². The molecule has 2 saturated carbocycles. The predicted octanol–water partition coefficient (Wildman–Crippen LogP) is 9.23. The lowest BCUT2D eigenvalue weighted by molar-refractivity contribution is -0.135. The summed E-state index contributed by atoms with van der Waals surface area (Å²) in [7, 11) is 0. The first kappa shape index (κ1) is 31.6. The molecule has 2 aromatic rings. The number of carbonyl (C=O) groups is 2. The van der Waals surface area contributed by atoms with Crippen LogP contribution >= 0.6 is 0 Å². The van der Waals surface area contributed by atoms with Gasteiger partial charge in [-0.3, -0.25) is 4.79 Å². The van der Waals surface area contributed by atoms with Crippen LogP contribution < -0.4 is 5.73 Å². The number of fused-ring (bicyclic) bond motifs is 6. The number of aldehydes is 1. The largest absolute Gasteiger partial charge is 0.369 e. The maximum Gasteiger partial charge on any atom is 0.223 e. The van der Waals surface area contributed by atoms with Crippen LogP contribution in [0.1, 0.15) is 163 Å². The van der Waals surface area contributed by atoms with Crippen LogP contribution in [0.25, 0.3) is 0 Å². The highest BCUT2D eigenvalue weighted by molar-refractivity contribution is 5.81. The predicted molar refractivity (Wildman–Crippen MR) is 181 cm³/mol. The zero-order valence-electron chi connectivity index (χ0n) is 28.9. The van der Waals surface area contributed by atoms with Crippen LogP contribution in [0.15, 0.2) is 24.3 Å². The number of aryl methyl sites for hydroxylation is 2. The first-order valence-corrected chi connectivity index (χ1v) is 17.8. The van der Waals surface area contributed by atoms with E-state index >= 15 is 0 Å². The first-order valence-electron chi connectivity index (χ1n) is 17.8. The first-order chi connectivity index (χ1) is 20.7. The van der Waals surface area contributed by atoms with Crippen molar-refractivity contribution in [3.63, 3.8) is 0 Å². The summed E-state index contributed by atoms with van der Waals surface area (Å²) in [6.45, 7) is 18.6. The van der Waals surface area contributed by atoms with E-state index in [-0.39, 0.29) is 28.1 Å². The molecule has 6 unspecified atom stereocenters. The number of carbonyl (C=O) groups excluding carboxylic acids is 2. The van der Waals surface area contributed by atoms with Gasteiger partial charge in [0.15, 0.2) is 0 Å². The Morgan fingerprint density at radius 3 is 1.73 bits per heavy atom. The fourth-order valence-corrected chi connectivity index (χ4v) is 11.2. The van der Waals surface area contributed by atoms with Gasteiger partial charge in [-0.15, -0.1) is 0 Å². The third-order valence-electron chi connectivity index (χ3n) is 13.7. The summed E-state index contributed by atoms with van der Waals surface area (Å²) >= 11 is 0. The highest BCUT2D eigenvalue weighted by Crippen LogP contribution is 2.59. The van der Waals surface area contributed by atoms with E-state index in [0.717, 1.165) is 64.2 Å². The molecular formula is C41H57NO2. The van der Waals surface area contributed by atoms with Crippen molar-refractivity contribution in [2.24, 2.45) is 28.4 Å². The summed E-state index contributed by atoms with van der Waals surface area (Å²) in [4.78, 5) is 25.3. The molecule has 6 rings (SSSR count). The van der Waals surface area contributed by atoms with Crippen LogP contribution in [-0.4, -0.2) is 12.2 Å². The Balaban J connectivity index is 1.48. The van der Waals surface area contributed by atoms with Gasteiger partial charge in [0, 0.05) is 10.8 Å². The van der Waals surface area contributed by atoms with Crippen molar-refractivity contribution >= 4 is 12.2 Å². The molecule has 0 aromatic heterocycles. The number of amides is 1. The van der Waals surface area contributed by atoms with Crippen LogP contribution in [0.2, 0.25) is 0 Å². The van der Waals surface area contributed by atoms with E-state index in [1.165, 1.54) is 57.2 Å². The summed E-state index contributed by atoms with van der Waals surface area (Å²) in [6.07, 6.45) is 12.9. The molecule has 0 aliphatic heterocycles. The van der Waals surface area contributed by atoms with E-state index in [0.29, 0.717) is 17.8 Å². The van der Waals surface area contributed by atoms with Gasteiger partial charge in [-0.1, -0.05) is 92.5 Å². The highest BCUT2D eigenvalue weighted by Gasteiger charge is 2.55. The molecule has 0 radical (unpaired) electrons. The monoisotopic (exact) mass is 595 g/mol. The van der Waals surface area contributed by atoms with Crippen LogP contribution in [0, 0.1) is 22.7 Å². The topological polar surface area (TPSA) is 60.2 Å². The minimum atomic E-state index is -0.438. The van der Waals surface area contributed by atoms with Crippen LogP contribution in [0.3, 0.4) is 0 Å². The summed E-state index contributed by atoms with van der Waals surface area (Å²) in [5.41, 5.74) is 17.3. The van der Waals surface area contributed by atoms with E-state index in [9.17, 15) is 9.59 Å². The van der Waals surface area contributed by atoms with Gasteiger partial charge in [0.05, 0.1) is 0 Å². The van der Waals surface area contributed by atoms with Gasteiger partial charge in [-0.05, 0) is 137 Å². The minimum absolute atomic E-state index is 0.0291. The molecule has 4 aliphatic rings. The second kappa shape index (κ2) is 10.8. The molecule has 0 spiro atoms. The summed E-state index contributed by atoms with van der Waals surface area (Å²) in [6, 6.07) is 10.2. The third-order valence-corrected chi connectivity index (χ3v) is 13.7. The maximum atomic E-state index is 12.8. The smallest absolute Gasteiger partial charge is 0.223 e. The van der Waals surface area contributed by atoms with E-state index in [4.69, 9.17) is 5.73 Å². The van der Waals surface area contributed by atoms with Crippen molar-refractivity contribution in [1.29, 1.82) is 0 Å². The van der Waals surface area contributed by atoms with E-state index in [2.05, 4.69) is 79.7 Å². The van der Waals surface area contributed by atoms with E-state index < -0.39 is 5.41 Å². The Hall–Kier alpha value is -2.42.